The Labute approximate surface area is 85.4 Å². The SMILES string of the molecule is O=C(O)c1cn2c3c(cnc2n1)CCC3. The van der Waals surface area contributed by atoms with E-state index < -0.39 is 5.97 Å². The fraction of sp³-hybridized carbons (Fsp3) is 0.300. The number of aryl methyl sites for hydroxylation is 2. The van der Waals surface area contributed by atoms with Gasteiger partial charge >= 0.3 is 5.97 Å². The molecule has 76 valence electrons. The average Bonchev–Trinajstić information content (AvgIpc) is 2.82. The summed E-state index contributed by atoms with van der Waals surface area (Å²) in [5, 5.41) is 8.83. The Hall–Kier alpha value is -1.91. The third-order valence-corrected chi connectivity index (χ3v) is 2.76. The van der Waals surface area contributed by atoms with Crippen molar-refractivity contribution >= 4 is 11.7 Å². The van der Waals surface area contributed by atoms with Gasteiger partial charge in [-0.15, -0.1) is 0 Å². The number of carboxylic acids is 1. The first kappa shape index (κ1) is 8.40. The lowest BCUT2D eigenvalue weighted by Crippen LogP contribution is -1.96. The van der Waals surface area contributed by atoms with E-state index in [9.17, 15) is 4.79 Å². The Morgan fingerprint density at radius 2 is 2.33 bits per heavy atom. The van der Waals surface area contributed by atoms with Crippen LogP contribution in [0.1, 0.15) is 28.2 Å². The van der Waals surface area contributed by atoms with E-state index in [4.69, 9.17) is 5.11 Å². The summed E-state index contributed by atoms with van der Waals surface area (Å²) in [5.41, 5.74) is 2.42. The van der Waals surface area contributed by atoms with Gasteiger partial charge in [-0.2, -0.15) is 0 Å². The van der Waals surface area contributed by atoms with E-state index in [1.165, 1.54) is 5.56 Å². The maximum atomic E-state index is 10.8. The molecule has 0 aliphatic heterocycles. The van der Waals surface area contributed by atoms with E-state index in [0.717, 1.165) is 25.0 Å². The second-order valence-electron chi connectivity index (χ2n) is 3.68. The Kier molecular flexibility index (Phi) is 1.56. The van der Waals surface area contributed by atoms with Crippen molar-refractivity contribution in [2.75, 3.05) is 0 Å². The third-order valence-electron chi connectivity index (χ3n) is 2.76. The average molecular weight is 203 g/mol. The van der Waals surface area contributed by atoms with Crippen molar-refractivity contribution in [3.63, 3.8) is 0 Å². The summed E-state index contributed by atoms with van der Waals surface area (Å²) in [6.45, 7) is 0. The highest BCUT2D eigenvalue weighted by Crippen LogP contribution is 2.21. The first-order valence-corrected chi connectivity index (χ1v) is 4.85. The van der Waals surface area contributed by atoms with Crippen LogP contribution in [0.4, 0.5) is 0 Å². The van der Waals surface area contributed by atoms with Gasteiger partial charge in [-0.05, 0) is 24.8 Å². The molecule has 0 saturated carbocycles. The maximum Gasteiger partial charge on any atom is 0.356 e. The number of rotatable bonds is 1. The molecule has 0 saturated heterocycles. The van der Waals surface area contributed by atoms with E-state index >= 15 is 0 Å². The molecule has 3 rings (SSSR count). The largest absolute Gasteiger partial charge is 0.476 e. The predicted molar refractivity (Wildman–Crippen MR) is 52.0 cm³/mol. The van der Waals surface area contributed by atoms with Gasteiger partial charge in [0.1, 0.15) is 0 Å². The number of imidazole rings is 1. The molecule has 0 unspecified atom stereocenters. The van der Waals surface area contributed by atoms with Crippen LogP contribution in [0.5, 0.6) is 0 Å². The molecule has 0 atom stereocenters. The maximum absolute atomic E-state index is 10.8. The molecule has 2 heterocycles. The highest BCUT2D eigenvalue weighted by Gasteiger charge is 2.17. The second kappa shape index (κ2) is 2.79. The van der Waals surface area contributed by atoms with Gasteiger partial charge in [0.15, 0.2) is 5.69 Å². The van der Waals surface area contributed by atoms with Crippen LogP contribution in [0.2, 0.25) is 0 Å². The molecular formula is C10H9N3O2. The van der Waals surface area contributed by atoms with Gasteiger partial charge in [0.25, 0.3) is 0 Å². The molecule has 0 amide bonds. The quantitative estimate of drug-likeness (QED) is 0.748. The van der Waals surface area contributed by atoms with Gasteiger partial charge in [-0.25, -0.2) is 14.8 Å². The van der Waals surface area contributed by atoms with Gasteiger partial charge in [-0.3, -0.25) is 4.40 Å². The highest BCUT2D eigenvalue weighted by atomic mass is 16.4. The van der Waals surface area contributed by atoms with Crippen molar-refractivity contribution in [1.82, 2.24) is 14.4 Å². The Morgan fingerprint density at radius 1 is 1.47 bits per heavy atom. The lowest BCUT2D eigenvalue weighted by atomic mass is 10.3. The van der Waals surface area contributed by atoms with Gasteiger partial charge < -0.3 is 5.11 Å². The van der Waals surface area contributed by atoms with Crippen molar-refractivity contribution in [2.24, 2.45) is 0 Å². The van der Waals surface area contributed by atoms with Gasteiger partial charge in [0.2, 0.25) is 5.78 Å². The summed E-state index contributed by atoms with van der Waals surface area (Å²) in [6, 6.07) is 0. The van der Waals surface area contributed by atoms with Gasteiger partial charge in [0.05, 0.1) is 0 Å². The summed E-state index contributed by atoms with van der Waals surface area (Å²) >= 11 is 0. The standard InChI is InChI=1S/C10H9N3O2/c14-9(15)7-5-13-8-3-1-2-6(8)4-11-10(13)12-7/h4-5H,1-3H2,(H,14,15). The minimum Gasteiger partial charge on any atom is -0.476 e. The van der Waals surface area contributed by atoms with Crippen molar-refractivity contribution in [3.05, 3.63) is 29.3 Å². The lowest BCUT2D eigenvalue weighted by Gasteiger charge is -2.00. The fourth-order valence-corrected chi connectivity index (χ4v) is 2.06. The Morgan fingerprint density at radius 3 is 3.13 bits per heavy atom. The molecule has 5 nitrogen and oxygen atoms in total. The summed E-state index contributed by atoms with van der Waals surface area (Å²) in [4.78, 5) is 18.9. The van der Waals surface area contributed by atoms with Gasteiger partial charge in [-0.1, -0.05) is 0 Å². The molecular weight excluding hydrogens is 194 g/mol. The number of nitrogens with zero attached hydrogens (tertiary/aromatic N) is 3. The van der Waals surface area contributed by atoms with Gasteiger partial charge in [0, 0.05) is 18.1 Å². The number of carbonyl (C=O) groups is 1. The minimum absolute atomic E-state index is 0.0581. The Bertz CT molecular complexity index is 559. The summed E-state index contributed by atoms with van der Waals surface area (Å²) in [6.07, 6.45) is 6.46. The monoisotopic (exact) mass is 203 g/mol. The van der Waals surface area contributed by atoms with Crippen molar-refractivity contribution < 1.29 is 9.90 Å². The van der Waals surface area contributed by atoms with Crippen molar-refractivity contribution in [1.29, 1.82) is 0 Å². The number of hydrogen-bond donors (Lipinski definition) is 1. The summed E-state index contributed by atoms with van der Waals surface area (Å²) in [5.74, 6) is -0.528. The van der Waals surface area contributed by atoms with Crippen LogP contribution in [0, 0.1) is 0 Å². The summed E-state index contributed by atoms with van der Waals surface area (Å²) < 4.78 is 1.80. The van der Waals surface area contributed by atoms with E-state index in [-0.39, 0.29) is 5.69 Å². The zero-order valence-electron chi connectivity index (χ0n) is 7.97. The first-order chi connectivity index (χ1) is 7.25. The smallest absolute Gasteiger partial charge is 0.356 e. The molecule has 5 heteroatoms. The van der Waals surface area contributed by atoms with Crippen LogP contribution in [0.3, 0.4) is 0 Å². The summed E-state index contributed by atoms with van der Waals surface area (Å²) in [7, 11) is 0. The van der Waals surface area contributed by atoms with Crippen LogP contribution < -0.4 is 0 Å². The number of aromatic nitrogens is 3. The molecule has 1 aliphatic carbocycles. The van der Waals surface area contributed by atoms with Crippen molar-refractivity contribution in [2.45, 2.75) is 19.3 Å². The lowest BCUT2D eigenvalue weighted by molar-refractivity contribution is 0.0691. The van der Waals surface area contributed by atoms with Crippen LogP contribution in [-0.4, -0.2) is 25.4 Å². The Balaban J connectivity index is 2.31. The van der Waals surface area contributed by atoms with Crippen LogP contribution in [-0.2, 0) is 12.8 Å². The molecule has 2 aromatic heterocycles. The zero-order chi connectivity index (χ0) is 10.4. The molecule has 15 heavy (non-hydrogen) atoms. The molecule has 0 bridgehead atoms. The van der Waals surface area contributed by atoms with E-state index in [1.54, 1.807) is 16.8 Å². The molecule has 0 spiro atoms. The molecule has 0 aromatic carbocycles. The van der Waals surface area contributed by atoms with Crippen LogP contribution in [0.15, 0.2) is 12.4 Å². The number of hydrogen-bond acceptors (Lipinski definition) is 3. The predicted octanol–water partition coefficient (Wildman–Crippen LogP) is 0.916. The number of carboxylic acid groups (broad SMARTS) is 1. The molecule has 1 aliphatic rings. The fourth-order valence-electron chi connectivity index (χ4n) is 2.06. The normalized spacial score (nSPS) is 14.4. The van der Waals surface area contributed by atoms with E-state index in [1.807, 2.05) is 0 Å². The zero-order valence-corrected chi connectivity index (χ0v) is 7.97. The number of fused-ring (bicyclic) bond motifs is 3. The van der Waals surface area contributed by atoms with Crippen molar-refractivity contribution in [3.8, 4) is 0 Å². The first-order valence-electron chi connectivity index (χ1n) is 4.85. The molecule has 0 fully saturated rings. The molecule has 0 radical (unpaired) electrons. The van der Waals surface area contributed by atoms with E-state index in [2.05, 4.69) is 9.97 Å². The highest BCUT2D eigenvalue weighted by molar-refractivity contribution is 5.85. The molecule has 2 aromatic rings. The number of aromatic carboxylic acids is 1. The molecule has 1 N–H and O–H groups in total. The third kappa shape index (κ3) is 1.12. The second-order valence-corrected chi connectivity index (χ2v) is 3.68. The van der Waals surface area contributed by atoms with Crippen LogP contribution in [0.25, 0.3) is 5.78 Å². The minimum atomic E-state index is -1.01. The van der Waals surface area contributed by atoms with E-state index in [0.29, 0.717) is 5.78 Å². The van der Waals surface area contributed by atoms with Crippen LogP contribution >= 0.6 is 0 Å². The topological polar surface area (TPSA) is 67.5 Å².